The van der Waals surface area contributed by atoms with Gasteiger partial charge in [-0.25, -0.2) is 4.79 Å². The standard InChI is InChI=1S/C47H59N3O9/c1-8-43(54)24-28-15-16-31-30-13-10-11-14-34(30)48-37(31)46(41(52)57-6,26-29(21-28)25-43)33-22-32-35(23-36(33)56-5)49(4)39-45(32)18-20-50-19-12-17-44(9-2,38(45)50)40(59-27(3)51)47(39,55)42(53)58-7/h10-14,17,22-23,28-29,38-40,48,54-55H,8-9,15-16,18-21,24-26H2,1-7H3/t28?,29-,38+,39-,40?,43-,44-,45-,46+,47+/m1/s1. The molecule has 0 radical (unpaired) electrons. The second-order valence-electron chi connectivity index (χ2n) is 18.6. The topological polar surface area (TPSA) is 151 Å². The van der Waals surface area contributed by atoms with Crippen molar-refractivity contribution in [2.75, 3.05) is 46.4 Å². The van der Waals surface area contributed by atoms with E-state index in [1.54, 1.807) is 7.11 Å². The fraction of sp³-hybridized carbons (Fsp3) is 0.596. The van der Waals surface area contributed by atoms with Crippen molar-refractivity contribution in [1.82, 2.24) is 9.88 Å². The number of nitrogens with one attached hydrogen (secondary N) is 1. The van der Waals surface area contributed by atoms with E-state index in [0.717, 1.165) is 52.7 Å². The van der Waals surface area contributed by atoms with Gasteiger partial charge in [0, 0.05) is 71.3 Å². The molecule has 12 nitrogen and oxygen atoms in total. The molecular weight excluding hydrogens is 751 g/mol. The molecule has 3 aliphatic heterocycles. The van der Waals surface area contributed by atoms with Crippen LogP contribution in [0.15, 0.2) is 48.6 Å². The number of aliphatic hydroxyl groups is 2. The van der Waals surface area contributed by atoms with Crippen molar-refractivity contribution in [1.29, 1.82) is 0 Å². The zero-order chi connectivity index (χ0) is 41.9. The summed E-state index contributed by atoms with van der Waals surface area (Å²) in [5.41, 5.74) is -1.38. The Labute approximate surface area is 346 Å². The lowest BCUT2D eigenvalue weighted by molar-refractivity contribution is -0.228. The van der Waals surface area contributed by atoms with Crippen LogP contribution in [-0.2, 0) is 45.8 Å². The van der Waals surface area contributed by atoms with Crippen molar-refractivity contribution < 1.29 is 43.5 Å². The molecule has 1 saturated heterocycles. The number of hydrogen-bond acceptors (Lipinski definition) is 11. The first-order chi connectivity index (χ1) is 28.2. The van der Waals surface area contributed by atoms with Gasteiger partial charge in [0.2, 0.25) is 5.60 Å². The molecule has 1 aromatic heterocycles. The smallest absolute Gasteiger partial charge is 0.344 e. The van der Waals surface area contributed by atoms with Crippen molar-refractivity contribution in [3.63, 3.8) is 0 Å². The maximum Gasteiger partial charge on any atom is 0.344 e. The van der Waals surface area contributed by atoms with Crippen LogP contribution < -0.4 is 9.64 Å². The highest BCUT2D eigenvalue weighted by Gasteiger charge is 2.80. The second kappa shape index (κ2) is 13.8. The molecule has 2 aromatic carbocycles. The van der Waals surface area contributed by atoms with Crippen LogP contribution in [0.5, 0.6) is 5.75 Å². The largest absolute Gasteiger partial charge is 0.496 e. The summed E-state index contributed by atoms with van der Waals surface area (Å²) in [6.45, 7) is 6.69. The number of H-pyrrole nitrogens is 1. The predicted molar refractivity (Wildman–Crippen MR) is 221 cm³/mol. The number of aryl methyl sites for hydroxylation is 1. The van der Waals surface area contributed by atoms with Crippen LogP contribution in [0.2, 0.25) is 0 Å². The number of rotatable bonds is 7. The second-order valence-corrected chi connectivity index (χ2v) is 18.6. The number of aromatic nitrogens is 1. The minimum atomic E-state index is -2.30. The number of esters is 3. The maximum atomic E-state index is 15.3. The highest BCUT2D eigenvalue weighted by Crippen LogP contribution is 2.68. The van der Waals surface area contributed by atoms with Gasteiger partial charge in [-0.3, -0.25) is 14.5 Å². The van der Waals surface area contributed by atoms with Crippen LogP contribution in [0.25, 0.3) is 10.9 Å². The third kappa shape index (κ3) is 5.21. The Morgan fingerprint density at radius 3 is 2.37 bits per heavy atom. The van der Waals surface area contributed by atoms with Crippen LogP contribution in [0, 0.1) is 17.3 Å². The minimum absolute atomic E-state index is 0.0245. The number of carbonyl (C=O) groups is 3. The summed E-state index contributed by atoms with van der Waals surface area (Å²) >= 11 is 0. The van der Waals surface area contributed by atoms with Gasteiger partial charge in [0.1, 0.15) is 11.2 Å². The number of benzene rings is 2. The molecule has 59 heavy (non-hydrogen) atoms. The molecular formula is C47H59N3O9. The Hall–Kier alpha value is -4.39. The molecule has 2 bridgehead atoms. The van der Waals surface area contributed by atoms with E-state index in [1.165, 1.54) is 21.1 Å². The van der Waals surface area contributed by atoms with E-state index in [1.807, 2.05) is 44.0 Å². The van der Waals surface area contributed by atoms with Crippen LogP contribution in [0.4, 0.5) is 5.69 Å². The Morgan fingerprint density at radius 2 is 1.68 bits per heavy atom. The third-order valence-corrected chi connectivity index (χ3v) is 16.0. The molecule has 4 heterocycles. The number of nitrogens with zero attached hydrogens (tertiary/aromatic N) is 2. The summed E-state index contributed by atoms with van der Waals surface area (Å²) in [4.78, 5) is 50.9. The summed E-state index contributed by atoms with van der Waals surface area (Å²) < 4.78 is 24.0. The van der Waals surface area contributed by atoms with Gasteiger partial charge in [0.05, 0.1) is 33.0 Å². The fourth-order valence-corrected chi connectivity index (χ4v) is 14.0. The Bertz CT molecular complexity index is 2250. The first kappa shape index (κ1) is 40.0. The highest BCUT2D eigenvalue weighted by molar-refractivity contribution is 5.95. The Kier molecular flexibility index (Phi) is 9.38. The maximum absolute atomic E-state index is 15.3. The number of methoxy groups -OCH3 is 3. The SMILES string of the molecule is CC[C@@]1(O)CC2CCc3c([nH]c4ccccc34)[C@@](C(=O)OC)(c3cc4c(cc3OC)N(C)[C@@H]3[C@]45CCN4CC=C[C@@](CC)(C(OC(C)=O)[C@]3(O)C(=O)OC)[C@H]45)C[C@H](C2)C1. The summed E-state index contributed by atoms with van der Waals surface area (Å²) in [5.74, 6) is -1.17. The molecule has 2 unspecified atom stereocenters. The third-order valence-electron chi connectivity index (χ3n) is 16.0. The van der Waals surface area contributed by atoms with Gasteiger partial charge < -0.3 is 39.0 Å². The van der Waals surface area contributed by atoms with Gasteiger partial charge >= 0.3 is 17.9 Å². The summed E-state index contributed by atoms with van der Waals surface area (Å²) in [7, 11) is 6.18. The average molecular weight is 810 g/mol. The molecule has 10 atom stereocenters. The van der Waals surface area contributed by atoms with Crippen molar-refractivity contribution >= 4 is 34.5 Å². The van der Waals surface area contributed by atoms with E-state index < -0.39 is 57.5 Å². The molecule has 12 heteroatoms. The van der Waals surface area contributed by atoms with Crippen LogP contribution >= 0.6 is 0 Å². The molecule has 3 N–H and O–H groups in total. The normalized spacial score (nSPS) is 37.0. The monoisotopic (exact) mass is 809 g/mol. The van der Waals surface area contributed by atoms with Crippen molar-refractivity contribution in [3.8, 4) is 5.75 Å². The molecule has 3 aliphatic carbocycles. The number of likely N-dealkylation sites (N-methyl/N-ethyl adjacent to an activating group) is 1. The Morgan fingerprint density at radius 1 is 0.932 bits per heavy atom. The van der Waals surface area contributed by atoms with Crippen LogP contribution in [0.1, 0.15) is 94.5 Å². The van der Waals surface area contributed by atoms with Gasteiger partial charge in [-0.2, -0.15) is 0 Å². The van der Waals surface area contributed by atoms with Gasteiger partial charge in [0.15, 0.2) is 6.10 Å². The lowest BCUT2D eigenvalue weighted by Crippen LogP contribution is -2.81. The first-order valence-corrected chi connectivity index (χ1v) is 21.5. The number of aromatic amines is 1. The van der Waals surface area contributed by atoms with Crippen molar-refractivity contribution in [2.24, 2.45) is 17.3 Å². The zero-order valence-corrected chi connectivity index (χ0v) is 35.4. The number of para-hydroxylation sites is 1. The Balaban J connectivity index is 1.36. The zero-order valence-electron chi connectivity index (χ0n) is 35.4. The molecule has 2 saturated carbocycles. The van der Waals surface area contributed by atoms with E-state index in [9.17, 15) is 19.8 Å². The van der Waals surface area contributed by atoms with E-state index in [-0.39, 0.29) is 17.9 Å². The molecule has 3 fully saturated rings. The van der Waals surface area contributed by atoms with E-state index in [4.69, 9.17) is 18.9 Å². The molecule has 316 valence electrons. The quantitative estimate of drug-likeness (QED) is 0.158. The van der Waals surface area contributed by atoms with Crippen LogP contribution in [0.3, 0.4) is 0 Å². The fourth-order valence-electron chi connectivity index (χ4n) is 14.0. The summed E-state index contributed by atoms with van der Waals surface area (Å²) in [5, 5.41) is 26.4. The van der Waals surface area contributed by atoms with Crippen LogP contribution in [-0.4, -0.2) is 109 Å². The number of fused-ring (bicyclic) bond motifs is 6. The minimum Gasteiger partial charge on any atom is -0.496 e. The van der Waals surface area contributed by atoms with Crippen molar-refractivity contribution in [3.05, 3.63) is 70.9 Å². The number of anilines is 1. The molecule has 6 aliphatic rings. The van der Waals surface area contributed by atoms with Gasteiger partial charge in [-0.15, -0.1) is 0 Å². The lowest BCUT2D eigenvalue weighted by atomic mass is 9.47. The lowest BCUT2D eigenvalue weighted by Gasteiger charge is -2.63. The molecule has 0 amide bonds. The summed E-state index contributed by atoms with van der Waals surface area (Å²) in [6, 6.07) is 11.0. The summed E-state index contributed by atoms with van der Waals surface area (Å²) in [6.07, 6.45) is 8.64. The van der Waals surface area contributed by atoms with Crippen molar-refractivity contribution in [2.45, 2.75) is 119 Å². The predicted octanol–water partition coefficient (Wildman–Crippen LogP) is 5.48. The van der Waals surface area contributed by atoms with Gasteiger partial charge in [0.25, 0.3) is 0 Å². The molecule has 9 rings (SSSR count). The molecule has 3 aromatic rings. The first-order valence-electron chi connectivity index (χ1n) is 21.5. The van der Waals surface area contributed by atoms with E-state index in [2.05, 4.69) is 40.2 Å². The van der Waals surface area contributed by atoms with Gasteiger partial charge in [-0.05, 0) is 99.4 Å². The number of ether oxygens (including phenoxy) is 4. The van der Waals surface area contributed by atoms with E-state index >= 15 is 4.79 Å². The highest BCUT2D eigenvalue weighted by atomic mass is 16.6. The van der Waals surface area contributed by atoms with E-state index in [0.29, 0.717) is 62.9 Å². The number of carbonyl (C=O) groups excluding carboxylic acids is 3. The number of hydrogen-bond donors (Lipinski definition) is 3. The molecule has 1 spiro atoms. The average Bonchev–Trinajstić information content (AvgIpc) is 3.90. The van der Waals surface area contributed by atoms with Gasteiger partial charge in [-0.1, -0.05) is 44.2 Å².